The van der Waals surface area contributed by atoms with Crippen molar-refractivity contribution in [3.63, 3.8) is 0 Å². The van der Waals surface area contributed by atoms with E-state index in [1.54, 1.807) is 0 Å². The molecule has 1 aliphatic carbocycles. The molecule has 0 aromatic heterocycles. The van der Waals surface area contributed by atoms with Gasteiger partial charge in [0.25, 0.3) is 0 Å². The third-order valence-corrected chi connectivity index (χ3v) is 3.96. The number of ether oxygens (including phenoxy) is 3. The molecular formula is C12H11BrO4. The van der Waals surface area contributed by atoms with Crippen molar-refractivity contribution in [3.8, 4) is 11.5 Å². The summed E-state index contributed by atoms with van der Waals surface area (Å²) in [6, 6.07) is 3.72. The van der Waals surface area contributed by atoms with E-state index < -0.39 is 5.41 Å². The molecule has 2 aliphatic rings. The van der Waals surface area contributed by atoms with Crippen molar-refractivity contribution in [1.82, 2.24) is 0 Å². The monoisotopic (exact) mass is 298 g/mol. The van der Waals surface area contributed by atoms with Crippen molar-refractivity contribution >= 4 is 21.9 Å². The van der Waals surface area contributed by atoms with Gasteiger partial charge in [0.1, 0.15) is 0 Å². The Hall–Kier alpha value is -1.23. The number of methoxy groups -OCH3 is 1. The number of esters is 1. The Morgan fingerprint density at radius 1 is 1.35 bits per heavy atom. The lowest BCUT2D eigenvalue weighted by Gasteiger charge is -2.15. The van der Waals surface area contributed by atoms with Gasteiger partial charge in [-0.05, 0) is 30.5 Å². The lowest BCUT2D eigenvalue weighted by atomic mass is 9.95. The van der Waals surface area contributed by atoms with Crippen LogP contribution >= 0.6 is 15.9 Å². The summed E-state index contributed by atoms with van der Waals surface area (Å²) in [7, 11) is 1.42. The number of carbonyl (C=O) groups excluding carboxylic acids is 1. The van der Waals surface area contributed by atoms with E-state index in [0.29, 0.717) is 11.5 Å². The first-order valence-electron chi connectivity index (χ1n) is 5.35. The molecule has 1 saturated carbocycles. The molecule has 0 atom stereocenters. The van der Waals surface area contributed by atoms with Gasteiger partial charge in [0.2, 0.25) is 6.79 Å². The average molecular weight is 299 g/mol. The standard InChI is InChI=1S/C12H11BrO4/c1-15-11(14)12(2-3-12)7-4-9-10(5-8(7)13)17-6-16-9/h4-5H,2-3,6H2,1H3. The first kappa shape index (κ1) is 10.9. The van der Waals surface area contributed by atoms with Crippen molar-refractivity contribution in [2.24, 2.45) is 0 Å². The minimum Gasteiger partial charge on any atom is -0.468 e. The molecule has 0 amide bonds. The second-order valence-electron chi connectivity index (χ2n) is 4.26. The first-order chi connectivity index (χ1) is 8.17. The second-order valence-corrected chi connectivity index (χ2v) is 5.11. The minimum absolute atomic E-state index is 0.183. The van der Waals surface area contributed by atoms with Crippen molar-refractivity contribution in [2.75, 3.05) is 13.9 Å². The Kier molecular flexibility index (Phi) is 2.33. The smallest absolute Gasteiger partial charge is 0.316 e. The predicted octanol–water partition coefficient (Wildman–Crippen LogP) is 2.38. The molecular weight excluding hydrogens is 288 g/mol. The molecule has 1 fully saturated rings. The Labute approximate surface area is 107 Å². The van der Waals surface area contributed by atoms with Crippen LogP contribution in [0.1, 0.15) is 18.4 Å². The molecule has 1 aromatic carbocycles. The van der Waals surface area contributed by atoms with Gasteiger partial charge in [-0.1, -0.05) is 15.9 Å². The average Bonchev–Trinajstić information content (AvgIpc) is 3.01. The summed E-state index contributed by atoms with van der Waals surface area (Å²) in [5.74, 6) is 1.22. The Morgan fingerprint density at radius 2 is 2.00 bits per heavy atom. The largest absolute Gasteiger partial charge is 0.468 e. The van der Waals surface area contributed by atoms with Gasteiger partial charge < -0.3 is 14.2 Å². The van der Waals surface area contributed by atoms with Crippen LogP contribution in [0.3, 0.4) is 0 Å². The van der Waals surface area contributed by atoms with Crippen LogP contribution in [0.15, 0.2) is 16.6 Å². The first-order valence-corrected chi connectivity index (χ1v) is 6.15. The third kappa shape index (κ3) is 1.52. The van der Waals surface area contributed by atoms with E-state index in [0.717, 1.165) is 22.9 Å². The summed E-state index contributed by atoms with van der Waals surface area (Å²) in [6.07, 6.45) is 1.63. The number of hydrogen-bond acceptors (Lipinski definition) is 4. The van der Waals surface area contributed by atoms with Crippen LogP contribution < -0.4 is 9.47 Å². The van der Waals surface area contributed by atoms with Gasteiger partial charge in [-0.25, -0.2) is 0 Å². The highest BCUT2D eigenvalue weighted by atomic mass is 79.9. The van der Waals surface area contributed by atoms with E-state index in [4.69, 9.17) is 14.2 Å². The van der Waals surface area contributed by atoms with Crippen LogP contribution in [0.2, 0.25) is 0 Å². The molecule has 0 bridgehead atoms. The third-order valence-electron chi connectivity index (χ3n) is 3.30. The minimum atomic E-state index is -0.492. The molecule has 0 radical (unpaired) electrons. The number of fused-ring (bicyclic) bond motifs is 1. The highest BCUT2D eigenvalue weighted by Crippen LogP contribution is 2.53. The fourth-order valence-corrected chi connectivity index (χ4v) is 2.89. The van der Waals surface area contributed by atoms with E-state index in [9.17, 15) is 4.79 Å². The number of rotatable bonds is 2. The maximum absolute atomic E-state index is 11.8. The highest BCUT2D eigenvalue weighted by molar-refractivity contribution is 9.10. The molecule has 1 aliphatic heterocycles. The van der Waals surface area contributed by atoms with Crippen molar-refractivity contribution in [1.29, 1.82) is 0 Å². The fourth-order valence-electron chi connectivity index (χ4n) is 2.19. The van der Waals surface area contributed by atoms with Crippen molar-refractivity contribution < 1.29 is 19.0 Å². The van der Waals surface area contributed by atoms with Crippen LogP contribution in [-0.4, -0.2) is 19.9 Å². The van der Waals surface area contributed by atoms with Crippen molar-refractivity contribution in [2.45, 2.75) is 18.3 Å². The zero-order chi connectivity index (χ0) is 12.0. The quantitative estimate of drug-likeness (QED) is 0.787. The van der Waals surface area contributed by atoms with E-state index in [1.165, 1.54) is 7.11 Å². The summed E-state index contributed by atoms with van der Waals surface area (Å²) in [6.45, 7) is 0.233. The van der Waals surface area contributed by atoms with Gasteiger partial charge in [-0.15, -0.1) is 0 Å². The fraction of sp³-hybridized carbons (Fsp3) is 0.417. The summed E-state index contributed by atoms with van der Waals surface area (Å²) < 4.78 is 16.4. The maximum Gasteiger partial charge on any atom is 0.316 e. The molecule has 17 heavy (non-hydrogen) atoms. The molecule has 0 saturated heterocycles. The van der Waals surface area contributed by atoms with Crippen LogP contribution in [0.25, 0.3) is 0 Å². The number of halogens is 1. The molecule has 5 heteroatoms. The van der Waals surface area contributed by atoms with Gasteiger partial charge in [0, 0.05) is 4.47 Å². The molecule has 0 N–H and O–H groups in total. The number of benzene rings is 1. The molecule has 90 valence electrons. The molecule has 3 rings (SSSR count). The zero-order valence-electron chi connectivity index (χ0n) is 9.29. The molecule has 0 spiro atoms. The van der Waals surface area contributed by atoms with E-state index in [2.05, 4.69) is 15.9 Å². The molecule has 1 aromatic rings. The van der Waals surface area contributed by atoms with Gasteiger partial charge >= 0.3 is 5.97 Å². The van der Waals surface area contributed by atoms with Gasteiger partial charge in [0.05, 0.1) is 12.5 Å². The summed E-state index contributed by atoms with van der Waals surface area (Å²) in [5, 5.41) is 0. The summed E-state index contributed by atoms with van der Waals surface area (Å²) in [4.78, 5) is 11.8. The Balaban J connectivity index is 2.07. The predicted molar refractivity (Wildman–Crippen MR) is 63.2 cm³/mol. The second kappa shape index (κ2) is 3.63. The van der Waals surface area contributed by atoms with Gasteiger partial charge in [0.15, 0.2) is 11.5 Å². The topological polar surface area (TPSA) is 44.8 Å². The molecule has 4 nitrogen and oxygen atoms in total. The Morgan fingerprint density at radius 3 is 2.59 bits per heavy atom. The lowest BCUT2D eigenvalue weighted by Crippen LogP contribution is -2.22. The van der Waals surface area contributed by atoms with Crippen LogP contribution in [0.5, 0.6) is 11.5 Å². The zero-order valence-corrected chi connectivity index (χ0v) is 10.9. The van der Waals surface area contributed by atoms with Crippen molar-refractivity contribution in [3.05, 3.63) is 22.2 Å². The number of carbonyl (C=O) groups is 1. The normalized spacial score (nSPS) is 18.9. The lowest BCUT2D eigenvalue weighted by molar-refractivity contribution is -0.143. The summed E-state index contributed by atoms with van der Waals surface area (Å²) >= 11 is 3.48. The van der Waals surface area contributed by atoms with Gasteiger partial charge in [-0.3, -0.25) is 4.79 Å². The van der Waals surface area contributed by atoms with Crippen LogP contribution in [-0.2, 0) is 14.9 Å². The summed E-state index contributed by atoms with van der Waals surface area (Å²) in [5.41, 5.74) is 0.433. The SMILES string of the molecule is COC(=O)C1(c2cc3c(cc2Br)OCO3)CC1. The number of hydrogen-bond donors (Lipinski definition) is 0. The van der Waals surface area contributed by atoms with Crippen LogP contribution in [0.4, 0.5) is 0 Å². The Bertz CT molecular complexity index is 494. The molecule has 1 heterocycles. The molecule has 0 unspecified atom stereocenters. The van der Waals surface area contributed by atoms with Gasteiger partial charge in [-0.2, -0.15) is 0 Å². The van der Waals surface area contributed by atoms with E-state index in [-0.39, 0.29) is 12.8 Å². The van der Waals surface area contributed by atoms with E-state index >= 15 is 0 Å². The highest BCUT2D eigenvalue weighted by Gasteiger charge is 2.54. The van der Waals surface area contributed by atoms with Crippen LogP contribution in [0, 0.1) is 0 Å². The maximum atomic E-state index is 11.8. The van der Waals surface area contributed by atoms with E-state index in [1.807, 2.05) is 12.1 Å².